The van der Waals surface area contributed by atoms with Crippen molar-refractivity contribution in [2.45, 2.75) is 30.7 Å². The average molecular weight is 450 g/mol. The molecule has 1 atom stereocenters. The zero-order valence-corrected chi connectivity index (χ0v) is 18.1. The lowest BCUT2D eigenvalue weighted by molar-refractivity contribution is -0.131. The highest BCUT2D eigenvalue weighted by Crippen LogP contribution is 2.30. The van der Waals surface area contributed by atoms with Crippen LogP contribution in [0.3, 0.4) is 0 Å². The van der Waals surface area contributed by atoms with Gasteiger partial charge >= 0.3 is 0 Å². The minimum absolute atomic E-state index is 0.0478. The van der Waals surface area contributed by atoms with Gasteiger partial charge in [0.15, 0.2) is 11.6 Å². The molecular weight excluding hydrogens is 424 g/mol. The molecule has 2 aliphatic rings. The van der Waals surface area contributed by atoms with Crippen molar-refractivity contribution >= 4 is 21.6 Å². The number of hydrogen-bond acceptors (Lipinski definition) is 4. The standard InChI is InChI=1S/C22H25F2N3O3S/c1-16-6-7-17-4-2-3-5-21(17)27(16)15-22(28)25-10-12-26(13-11-25)31(29,30)18-8-9-19(23)20(24)14-18/h2-5,8-9,14,16H,6-7,10-13,15H2,1H3/t16-/m1/s1. The van der Waals surface area contributed by atoms with Gasteiger partial charge in [-0.15, -0.1) is 0 Å². The van der Waals surface area contributed by atoms with E-state index in [9.17, 15) is 22.0 Å². The van der Waals surface area contributed by atoms with Crippen molar-refractivity contribution in [3.05, 3.63) is 59.7 Å². The van der Waals surface area contributed by atoms with Gasteiger partial charge in [-0.3, -0.25) is 4.79 Å². The van der Waals surface area contributed by atoms with Crippen LogP contribution in [0, 0.1) is 11.6 Å². The van der Waals surface area contributed by atoms with Crippen LogP contribution in [0.5, 0.6) is 0 Å². The zero-order chi connectivity index (χ0) is 22.2. The Kier molecular flexibility index (Phi) is 5.98. The van der Waals surface area contributed by atoms with E-state index in [0.29, 0.717) is 6.07 Å². The van der Waals surface area contributed by atoms with Crippen molar-refractivity contribution in [2.24, 2.45) is 0 Å². The van der Waals surface area contributed by atoms with Crippen molar-refractivity contribution < 1.29 is 22.0 Å². The molecule has 2 aromatic carbocycles. The molecule has 0 saturated carbocycles. The van der Waals surface area contributed by atoms with Crippen LogP contribution < -0.4 is 4.90 Å². The minimum atomic E-state index is -3.95. The number of hydrogen-bond donors (Lipinski definition) is 0. The van der Waals surface area contributed by atoms with Crippen LogP contribution in [0.25, 0.3) is 0 Å². The van der Waals surface area contributed by atoms with Gasteiger partial charge in [-0.25, -0.2) is 17.2 Å². The van der Waals surface area contributed by atoms with Crippen LogP contribution in [0.4, 0.5) is 14.5 Å². The smallest absolute Gasteiger partial charge is 0.243 e. The summed E-state index contributed by atoms with van der Waals surface area (Å²) in [6.45, 7) is 3.08. The number of carbonyl (C=O) groups is 1. The summed E-state index contributed by atoms with van der Waals surface area (Å²) in [5.74, 6) is -2.35. The van der Waals surface area contributed by atoms with Gasteiger partial charge in [-0.1, -0.05) is 18.2 Å². The molecule has 0 aromatic heterocycles. The second kappa shape index (κ2) is 8.55. The molecule has 1 fully saturated rings. The molecule has 6 nitrogen and oxygen atoms in total. The van der Waals surface area contributed by atoms with E-state index in [1.165, 1.54) is 9.87 Å². The van der Waals surface area contributed by atoms with Crippen molar-refractivity contribution in [3.63, 3.8) is 0 Å². The Morgan fingerprint density at radius 2 is 1.74 bits per heavy atom. The number of anilines is 1. The molecule has 0 radical (unpaired) electrons. The third kappa shape index (κ3) is 4.29. The average Bonchev–Trinajstić information content (AvgIpc) is 2.77. The Balaban J connectivity index is 1.41. The summed E-state index contributed by atoms with van der Waals surface area (Å²) in [5, 5.41) is 0. The lowest BCUT2D eigenvalue weighted by atomic mass is 9.96. The highest BCUT2D eigenvalue weighted by Gasteiger charge is 2.32. The highest BCUT2D eigenvalue weighted by molar-refractivity contribution is 7.89. The molecule has 4 rings (SSSR count). The molecule has 0 aliphatic carbocycles. The number of rotatable bonds is 4. The summed E-state index contributed by atoms with van der Waals surface area (Å²) in [5.41, 5.74) is 2.31. The lowest BCUT2D eigenvalue weighted by Gasteiger charge is -2.39. The third-order valence-electron chi connectivity index (χ3n) is 6.09. The Bertz CT molecular complexity index is 1090. The summed E-state index contributed by atoms with van der Waals surface area (Å²) in [4.78, 5) is 16.5. The molecule has 2 heterocycles. The predicted molar refractivity (Wildman–Crippen MR) is 113 cm³/mol. The second-order valence-corrected chi connectivity index (χ2v) is 9.94. The van der Waals surface area contributed by atoms with Crippen LogP contribution in [0.15, 0.2) is 47.4 Å². The Hall–Kier alpha value is -2.52. The zero-order valence-electron chi connectivity index (χ0n) is 17.3. The number of para-hydroxylation sites is 1. The van der Waals surface area contributed by atoms with E-state index in [2.05, 4.69) is 17.9 Å². The summed E-state index contributed by atoms with van der Waals surface area (Å²) in [7, 11) is -3.95. The molecule has 0 spiro atoms. The SMILES string of the molecule is C[C@@H]1CCc2ccccc2N1CC(=O)N1CCN(S(=O)(=O)c2ccc(F)c(F)c2)CC1. The van der Waals surface area contributed by atoms with Crippen LogP contribution >= 0.6 is 0 Å². The Morgan fingerprint density at radius 1 is 1.03 bits per heavy atom. The largest absolute Gasteiger partial charge is 0.359 e. The third-order valence-corrected chi connectivity index (χ3v) is 7.98. The Labute approximate surface area is 181 Å². The topological polar surface area (TPSA) is 60.9 Å². The van der Waals surface area contributed by atoms with Gasteiger partial charge in [-0.2, -0.15) is 4.31 Å². The number of sulfonamides is 1. The molecular formula is C22H25F2N3O3S. The molecule has 0 unspecified atom stereocenters. The van der Waals surface area contributed by atoms with Crippen LogP contribution in [0.1, 0.15) is 18.9 Å². The van der Waals surface area contributed by atoms with Crippen molar-refractivity contribution in [1.29, 1.82) is 0 Å². The maximum absolute atomic E-state index is 13.5. The van der Waals surface area contributed by atoms with Crippen LogP contribution in [-0.2, 0) is 21.2 Å². The molecule has 2 aliphatic heterocycles. The number of aryl methyl sites for hydroxylation is 1. The molecule has 1 amide bonds. The van der Waals surface area contributed by atoms with Crippen LogP contribution in [0.2, 0.25) is 0 Å². The van der Waals surface area contributed by atoms with E-state index >= 15 is 0 Å². The molecule has 2 aromatic rings. The maximum atomic E-state index is 13.5. The number of piperazine rings is 1. The summed E-state index contributed by atoms with van der Waals surface area (Å²) in [6, 6.07) is 10.9. The quantitative estimate of drug-likeness (QED) is 0.720. The number of nitrogens with zero attached hydrogens (tertiary/aromatic N) is 3. The van der Waals surface area contributed by atoms with E-state index in [-0.39, 0.29) is 49.6 Å². The fourth-order valence-corrected chi connectivity index (χ4v) is 5.65. The normalized spacial score (nSPS) is 19.9. The number of halogens is 2. The van der Waals surface area contributed by atoms with Gasteiger partial charge in [0.1, 0.15) is 0 Å². The van der Waals surface area contributed by atoms with E-state index in [0.717, 1.165) is 30.7 Å². The summed E-state index contributed by atoms with van der Waals surface area (Å²) < 4.78 is 53.3. The first-order chi connectivity index (χ1) is 14.8. The second-order valence-electron chi connectivity index (χ2n) is 8.01. The number of fused-ring (bicyclic) bond motifs is 1. The summed E-state index contributed by atoms with van der Waals surface area (Å²) >= 11 is 0. The number of amides is 1. The number of carbonyl (C=O) groups excluding carboxylic acids is 1. The van der Waals surface area contributed by atoms with E-state index in [1.54, 1.807) is 4.90 Å². The van der Waals surface area contributed by atoms with Gasteiger partial charge in [0, 0.05) is 37.9 Å². The van der Waals surface area contributed by atoms with Gasteiger partial charge in [0.2, 0.25) is 15.9 Å². The molecule has 31 heavy (non-hydrogen) atoms. The van der Waals surface area contributed by atoms with E-state index in [4.69, 9.17) is 0 Å². The van der Waals surface area contributed by atoms with Gasteiger partial charge in [-0.05, 0) is 49.6 Å². The van der Waals surface area contributed by atoms with Gasteiger partial charge in [0.05, 0.1) is 11.4 Å². The van der Waals surface area contributed by atoms with Gasteiger partial charge < -0.3 is 9.80 Å². The first-order valence-corrected chi connectivity index (χ1v) is 11.8. The van der Waals surface area contributed by atoms with Gasteiger partial charge in [0.25, 0.3) is 0 Å². The lowest BCUT2D eigenvalue weighted by Crippen LogP contribution is -2.53. The van der Waals surface area contributed by atoms with Crippen molar-refractivity contribution in [2.75, 3.05) is 37.6 Å². The minimum Gasteiger partial charge on any atom is -0.359 e. The van der Waals surface area contributed by atoms with E-state index < -0.39 is 21.7 Å². The van der Waals surface area contributed by atoms with Crippen molar-refractivity contribution in [1.82, 2.24) is 9.21 Å². The number of benzene rings is 2. The maximum Gasteiger partial charge on any atom is 0.243 e. The highest BCUT2D eigenvalue weighted by atomic mass is 32.2. The van der Waals surface area contributed by atoms with Crippen molar-refractivity contribution in [3.8, 4) is 0 Å². The van der Waals surface area contributed by atoms with E-state index in [1.807, 2.05) is 18.2 Å². The first-order valence-electron chi connectivity index (χ1n) is 10.3. The molecule has 166 valence electrons. The summed E-state index contributed by atoms with van der Waals surface area (Å²) in [6.07, 6.45) is 1.97. The fraction of sp³-hybridized carbons (Fsp3) is 0.409. The Morgan fingerprint density at radius 3 is 2.45 bits per heavy atom. The monoisotopic (exact) mass is 449 g/mol. The molecule has 1 saturated heterocycles. The predicted octanol–water partition coefficient (Wildman–Crippen LogP) is 2.64. The first kappa shape index (κ1) is 21.7. The molecule has 0 bridgehead atoms. The molecule has 9 heteroatoms. The van der Waals surface area contributed by atoms with Crippen LogP contribution in [-0.4, -0.2) is 62.3 Å². The molecule has 0 N–H and O–H groups in total. The fourth-order valence-electron chi connectivity index (χ4n) is 4.21.